The molecule has 0 radical (unpaired) electrons. The van der Waals surface area contributed by atoms with Crippen molar-refractivity contribution < 1.29 is 28.3 Å². The second-order valence-electron chi connectivity index (χ2n) is 4.62. The maximum Gasteiger partial charge on any atom is 0.348 e. The quantitative estimate of drug-likeness (QED) is 0.842. The van der Waals surface area contributed by atoms with Crippen molar-refractivity contribution in [1.82, 2.24) is 0 Å². The highest BCUT2D eigenvalue weighted by atomic mass is 31.2. The fourth-order valence-corrected chi connectivity index (χ4v) is 4.50. The minimum Gasteiger partial charge on any atom is -0.511 e. The molecule has 1 atom stereocenters. The van der Waals surface area contributed by atoms with Crippen LogP contribution in [-0.4, -0.2) is 32.2 Å². The molecule has 0 spiro atoms. The molecule has 0 aliphatic heterocycles. The Morgan fingerprint density at radius 1 is 1.14 bits per heavy atom. The van der Waals surface area contributed by atoms with Crippen LogP contribution in [0.1, 0.15) is 12.0 Å². The predicted octanol–water partition coefficient (Wildman–Crippen LogP) is 2.79. The number of ether oxygens (including phenoxy) is 1. The van der Waals surface area contributed by atoms with Crippen LogP contribution >= 0.6 is 7.60 Å². The number of methoxy groups -OCH3 is 1. The standard InChI is InChI=1S/C14H17O6P/c1-18-12-6-4-10(5-7-12)14(21(17,19-2)20-3)9-11(15)8-13(14)16/h4-8,16H,9H2,1-3H3. The van der Waals surface area contributed by atoms with Crippen LogP contribution < -0.4 is 4.74 Å². The van der Waals surface area contributed by atoms with E-state index in [1.54, 1.807) is 24.3 Å². The number of rotatable bonds is 5. The van der Waals surface area contributed by atoms with E-state index in [1.165, 1.54) is 21.3 Å². The van der Waals surface area contributed by atoms with E-state index >= 15 is 0 Å². The van der Waals surface area contributed by atoms with Crippen LogP contribution in [-0.2, 0) is 23.6 Å². The number of hydrogen-bond donors (Lipinski definition) is 1. The molecule has 7 heteroatoms. The van der Waals surface area contributed by atoms with Crippen molar-refractivity contribution >= 4 is 13.4 Å². The molecule has 1 N–H and O–H groups in total. The lowest BCUT2D eigenvalue weighted by Crippen LogP contribution is -2.28. The van der Waals surface area contributed by atoms with E-state index in [0.717, 1.165) is 6.08 Å². The Bertz CT molecular complexity index is 613. The van der Waals surface area contributed by atoms with Crippen LogP contribution in [0.15, 0.2) is 36.1 Å². The van der Waals surface area contributed by atoms with Gasteiger partial charge in [-0.25, -0.2) is 0 Å². The monoisotopic (exact) mass is 312 g/mol. The first-order chi connectivity index (χ1) is 9.93. The second-order valence-corrected chi connectivity index (χ2v) is 7.11. The summed E-state index contributed by atoms with van der Waals surface area (Å²) in [7, 11) is 0.201. The zero-order valence-electron chi connectivity index (χ0n) is 12.0. The van der Waals surface area contributed by atoms with Gasteiger partial charge in [0.25, 0.3) is 0 Å². The molecule has 0 bridgehead atoms. The Morgan fingerprint density at radius 3 is 2.10 bits per heavy atom. The summed E-state index contributed by atoms with van der Waals surface area (Å²) in [5, 5.41) is 8.75. The van der Waals surface area contributed by atoms with E-state index in [-0.39, 0.29) is 18.0 Å². The summed E-state index contributed by atoms with van der Waals surface area (Å²) in [6.45, 7) is 0. The number of aliphatic hydroxyl groups excluding tert-OH is 1. The van der Waals surface area contributed by atoms with Crippen molar-refractivity contribution in [3.05, 3.63) is 41.7 Å². The van der Waals surface area contributed by atoms with Crippen molar-refractivity contribution in [1.29, 1.82) is 0 Å². The molecule has 114 valence electrons. The molecule has 0 aromatic heterocycles. The molecular formula is C14H17O6P. The predicted molar refractivity (Wildman–Crippen MR) is 76.6 cm³/mol. The highest BCUT2D eigenvalue weighted by Crippen LogP contribution is 2.69. The van der Waals surface area contributed by atoms with Gasteiger partial charge in [0.15, 0.2) is 10.9 Å². The van der Waals surface area contributed by atoms with Gasteiger partial charge in [-0.1, -0.05) is 12.1 Å². The van der Waals surface area contributed by atoms with Gasteiger partial charge in [0.05, 0.1) is 7.11 Å². The molecule has 0 saturated carbocycles. The number of carbonyl (C=O) groups is 1. The first-order valence-electron chi connectivity index (χ1n) is 6.23. The van der Waals surface area contributed by atoms with Crippen LogP contribution in [0.25, 0.3) is 0 Å². The second kappa shape index (κ2) is 5.64. The first-order valence-corrected chi connectivity index (χ1v) is 7.78. The fraction of sp³-hybridized carbons (Fsp3) is 0.357. The van der Waals surface area contributed by atoms with E-state index in [9.17, 15) is 14.5 Å². The fourth-order valence-electron chi connectivity index (χ4n) is 2.56. The van der Waals surface area contributed by atoms with E-state index in [1.807, 2.05) is 0 Å². The number of ketones is 1. The lowest BCUT2D eigenvalue weighted by atomic mass is 9.96. The third-order valence-corrected chi connectivity index (χ3v) is 6.21. The lowest BCUT2D eigenvalue weighted by Gasteiger charge is -2.34. The average molecular weight is 312 g/mol. The Balaban J connectivity index is 2.65. The van der Waals surface area contributed by atoms with Crippen LogP contribution in [0, 0.1) is 0 Å². The Kier molecular flexibility index (Phi) is 4.23. The molecule has 1 unspecified atom stereocenters. The smallest absolute Gasteiger partial charge is 0.348 e. The summed E-state index contributed by atoms with van der Waals surface area (Å²) in [4.78, 5) is 11.8. The average Bonchev–Trinajstić information content (AvgIpc) is 2.82. The summed E-state index contributed by atoms with van der Waals surface area (Å²) < 4.78 is 28.1. The summed E-state index contributed by atoms with van der Waals surface area (Å²) in [6.07, 6.45) is 0.888. The minimum absolute atomic E-state index is 0.176. The maximum atomic E-state index is 13.0. The van der Waals surface area contributed by atoms with Crippen LogP contribution in [0.5, 0.6) is 5.75 Å². The summed E-state index contributed by atoms with van der Waals surface area (Å²) >= 11 is 0. The zero-order chi connectivity index (χ0) is 15.7. The Morgan fingerprint density at radius 2 is 1.71 bits per heavy atom. The number of carbonyl (C=O) groups excluding carboxylic acids is 1. The third-order valence-electron chi connectivity index (χ3n) is 3.67. The Hall–Kier alpha value is -1.62. The molecule has 0 fully saturated rings. The summed E-state index contributed by atoms with van der Waals surface area (Å²) in [5.41, 5.74) is 0.468. The van der Waals surface area contributed by atoms with Crippen molar-refractivity contribution in [3.8, 4) is 5.75 Å². The molecule has 0 heterocycles. The molecular weight excluding hydrogens is 295 g/mol. The van der Waals surface area contributed by atoms with E-state index in [2.05, 4.69) is 0 Å². The molecule has 6 nitrogen and oxygen atoms in total. The minimum atomic E-state index is -3.78. The number of aliphatic hydroxyl groups is 1. The van der Waals surface area contributed by atoms with Gasteiger partial charge in [0.2, 0.25) is 0 Å². The van der Waals surface area contributed by atoms with Gasteiger partial charge in [-0.3, -0.25) is 9.36 Å². The molecule has 1 aromatic rings. The molecule has 0 amide bonds. The van der Waals surface area contributed by atoms with Gasteiger partial charge >= 0.3 is 7.60 Å². The van der Waals surface area contributed by atoms with E-state index in [4.69, 9.17) is 13.8 Å². The van der Waals surface area contributed by atoms with Crippen LogP contribution in [0.2, 0.25) is 0 Å². The topological polar surface area (TPSA) is 82.1 Å². The largest absolute Gasteiger partial charge is 0.511 e. The number of hydrogen-bond acceptors (Lipinski definition) is 6. The van der Waals surface area contributed by atoms with Crippen molar-refractivity contribution in [2.45, 2.75) is 11.6 Å². The third kappa shape index (κ3) is 2.29. The van der Waals surface area contributed by atoms with Crippen molar-refractivity contribution in [2.24, 2.45) is 0 Å². The van der Waals surface area contributed by atoms with Gasteiger partial charge in [-0.2, -0.15) is 0 Å². The van der Waals surface area contributed by atoms with E-state index in [0.29, 0.717) is 11.3 Å². The van der Waals surface area contributed by atoms with Crippen LogP contribution in [0.4, 0.5) is 0 Å². The SMILES string of the molecule is COc1ccc(C2(P(=O)(OC)OC)CC(=O)C=C2O)cc1. The van der Waals surface area contributed by atoms with Crippen molar-refractivity contribution in [2.75, 3.05) is 21.3 Å². The molecule has 1 aliphatic rings. The van der Waals surface area contributed by atoms with E-state index < -0.39 is 12.8 Å². The number of benzene rings is 1. The summed E-state index contributed by atoms with van der Waals surface area (Å²) in [5.74, 6) is -0.0475. The highest BCUT2D eigenvalue weighted by Gasteiger charge is 2.58. The molecule has 0 saturated heterocycles. The van der Waals surface area contributed by atoms with Gasteiger partial charge in [-0.15, -0.1) is 0 Å². The molecule has 21 heavy (non-hydrogen) atoms. The molecule has 1 aromatic carbocycles. The van der Waals surface area contributed by atoms with Gasteiger partial charge in [0.1, 0.15) is 11.5 Å². The normalized spacial score (nSPS) is 22.2. The Labute approximate surface area is 122 Å². The molecule has 2 rings (SSSR count). The summed E-state index contributed by atoms with van der Waals surface area (Å²) in [6, 6.07) is 6.57. The van der Waals surface area contributed by atoms with Crippen LogP contribution in [0.3, 0.4) is 0 Å². The maximum absolute atomic E-state index is 13.0. The molecule has 1 aliphatic carbocycles. The van der Waals surface area contributed by atoms with Gasteiger partial charge < -0.3 is 18.9 Å². The lowest BCUT2D eigenvalue weighted by molar-refractivity contribution is -0.114. The van der Waals surface area contributed by atoms with Gasteiger partial charge in [-0.05, 0) is 17.7 Å². The highest BCUT2D eigenvalue weighted by molar-refractivity contribution is 7.55. The zero-order valence-corrected chi connectivity index (χ0v) is 12.9. The van der Waals surface area contributed by atoms with Crippen molar-refractivity contribution in [3.63, 3.8) is 0 Å². The first kappa shape index (κ1) is 15.8. The van der Waals surface area contributed by atoms with Gasteiger partial charge in [0, 0.05) is 26.7 Å². The number of allylic oxidation sites excluding steroid dienone is 2.